The van der Waals surface area contributed by atoms with Crippen molar-refractivity contribution in [1.82, 2.24) is 4.90 Å². The van der Waals surface area contributed by atoms with Gasteiger partial charge >= 0.3 is 0 Å². The highest BCUT2D eigenvalue weighted by Crippen LogP contribution is 2.48. The number of imide groups is 1. The molecule has 2 amide bonds. The molecule has 1 aromatic heterocycles. The minimum Gasteiger partial charge on any atom is -0.508 e. The third-order valence-electron chi connectivity index (χ3n) is 8.01. The van der Waals surface area contributed by atoms with Crippen molar-refractivity contribution in [3.63, 3.8) is 0 Å². The molecule has 0 bridgehead atoms. The number of fused-ring (bicyclic) bond motifs is 1. The van der Waals surface area contributed by atoms with Crippen LogP contribution in [-0.4, -0.2) is 44.7 Å². The molecule has 2 heterocycles. The number of carbonyl (C=O) groups is 2. The van der Waals surface area contributed by atoms with E-state index in [0.717, 1.165) is 40.0 Å². The fourth-order valence-electron chi connectivity index (χ4n) is 6.14. The maximum absolute atomic E-state index is 13.6. The van der Waals surface area contributed by atoms with Gasteiger partial charge in [0.2, 0.25) is 11.8 Å². The predicted octanol–water partition coefficient (Wildman–Crippen LogP) is 6.20. The van der Waals surface area contributed by atoms with Gasteiger partial charge in [0.25, 0.3) is 0 Å². The van der Waals surface area contributed by atoms with E-state index in [0.29, 0.717) is 24.3 Å². The Morgan fingerprint density at radius 2 is 1.97 bits per heavy atom. The van der Waals surface area contributed by atoms with Crippen LogP contribution in [0.15, 0.2) is 52.4 Å². The number of nitrogens with zero attached hydrogens (tertiary/aromatic N) is 1. The standard InChI is InChI=1S/C31H38ClNO5S/c1-4-6-19(13-20-9-10-21(35)14-26(20)32)8-11-27(36)28-23(18(2)3)15-24-29(25(28)17-34)31(38)33(30(24)37)16-22-7-5-12-39-22/h5,7,9-10,12-14,18,24-25,27,29,34-36H,4,6,8,11,15-17H2,1-3H3/b19-13+/t24-,25+,27-,29-/m1/s1. The van der Waals surface area contributed by atoms with E-state index in [1.54, 1.807) is 12.1 Å². The third kappa shape index (κ3) is 6.32. The number of halogens is 1. The Morgan fingerprint density at radius 1 is 1.21 bits per heavy atom. The van der Waals surface area contributed by atoms with Gasteiger partial charge in [0.05, 0.1) is 36.1 Å². The number of allylic oxidation sites excluding steroid dienone is 2. The van der Waals surface area contributed by atoms with Crippen molar-refractivity contribution in [2.24, 2.45) is 23.7 Å². The number of carbonyl (C=O) groups excluding carboxylic acids is 2. The number of phenols is 1. The molecular weight excluding hydrogens is 534 g/mol. The van der Waals surface area contributed by atoms with Crippen molar-refractivity contribution in [3.05, 3.63) is 67.9 Å². The van der Waals surface area contributed by atoms with Gasteiger partial charge in [-0.25, -0.2) is 0 Å². The summed E-state index contributed by atoms with van der Waals surface area (Å²) in [6.07, 6.45) is 4.41. The monoisotopic (exact) mass is 571 g/mol. The van der Waals surface area contributed by atoms with Crippen LogP contribution in [0.5, 0.6) is 5.75 Å². The lowest BCUT2D eigenvalue weighted by Gasteiger charge is -2.38. The molecule has 210 valence electrons. The zero-order valence-corrected chi connectivity index (χ0v) is 24.3. The lowest BCUT2D eigenvalue weighted by atomic mass is 9.66. The molecule has 1 fully saturated rings. The van der Waals surface area contributed by atoms with Crippen LogP contribution in [0.3, 0.4) is 0 Å². The molecule has 8 heteroatoms. The zero-order chi connectivity index (χ0) is 28.3. The quantitative estimate of drug-likeness (QED) is 0.220. The van der Waals surface area contributed by atoms with E-state index in [-0.39, 0.29) is 36.6 Å². The Labute approximate surface area is 239 Å². The van der Waals surface area contributed by atoms with Crippen molar-refractivity contribution >= 4 is 40.8 Å². The number of likely N-dealkylation sites (tertiary alicyclic amines) is 1. The molecule has 1 aromatic carbocycles. The van der Waals surface area contributed by atoms with Crippen LogP contribution in [-0.2, 0) is 16.1 Å². The van der Waals surface area contributed by atoms with Crippen molar-refractivity contribution in [1.29, 1.82) is 0 Å². The molecule has 1 saturated heterocycles. The Morgan fingerprint density at radius 3 is 2.59 bits per heavy atom. The fourth-order valence-corrected chi connectivity index (χ4v) is 7.07. The number of hydrogen-bond donors (Lipinski definition) is 3. The second-order valence-electron chi connectivity index (χ2n) is 10.9. The van der Waals surface area contributed by atoms with Gasteiger partial charge in [-0.1, -0.05) is 62.1 Å². The van der Waals surface area contributed by atoms with Crippen LogP contribution in [0.25, 0.3) is 6.08 Å². The first kappa shape index (κ1) is 29.5. The normalized spacial score (nSPS) is 22.7. The fraction of sp³-hybridized carbons (Fsp3) is 0.484. The number of hydrogen-bond acceptors (Lipinski definition) is 6. The SMILES string of the molecule is CCC/C(=C\c1ccc(O)cc1Cl)CC[C@@H](O)C1=C(C(C)C)C[C@H]2C(=O)N(Cc3cccs3)C(=O)[C@H]2[C@H]1CO. The van der Waals surface area contributed by atoms with Gasteiger partial charge in [0.1, 0.15) is 5.75 Å². The van der Waals surface area contributed by atoms with Gasteiger partial charge < -0.3 is 15.3 Å². The second kappa shape index (κ2) is 12.8. The van der Waals surface area contributed by atoms with Gasteiger partial charge in [0, 0.05) is 10.8 Å². The smallest absolute Gasteiger partial charge is 0.234 e. The van der Waals surface area contributed by atoms with Crippen LogP contribution in [0.2, 0.25) is 5.02 Å². The molecule has 0 spiro atoms. The first-order valence-corrected chi connectivity index (χ1v) is 15.0. The Kier molecular flexibility index (Phi) is 9.70. The van der Waals surface area contributed by atoms with E-state index in [1.807, 2.05) is 37.4 Å². The number of aliphatic hydroxyl groups excluding tert-OH is 2. The van der Waals surface area contributed by atoms with Crippen molar-refractivity contribution < 1.29 is 24.9 Å². The summed E-state index contributed by atoms with van der Waals surface area (Å²) >= 11 is 7.84. The van der Waals surface area contributed by atoms with Gasteiger partial charge in [-0.05, 0) is 72.4 Å². The molecule has 0 unspecified atom stereocenters. The largest absolute Gasteiger partial charge is 0.508 e. The van der Waals surface area contributed by atoms with Crippen LogP contribution in [0, 0.1) is 23.7 Å². The minimum atomic E-state index is -0.842. The van der Waals surface area contributed by atoms with Crippen molar-refractivity contribution in [2.75, 3.05) is 6.61 Å². The van der Waals surface area contributed by atoms with Crippen LogP contribution >= 0.6 is 22.9 Å². The summed E-state index contributed by atoms with van der Waals surface area (Å²) in [5.41, 5.74) is 3.64. The van der Waals surface area contributed by atoms with E-state index in [9.17, 15) is 24.9 Å². The number of aliphatic hydroxyl groups is 2. The zero-order valence-electron chi connectivity index (χ0n) is 22.8. The van der Waals surface area contributed by atoms with Crippen LogP contribution in [0.1, 0.15) is 63.3 Å². The van der Waals surface area contributed by atoms with E-state index < -0.39 is 23.9 Å². The molecular formula is C31H38ClNO5S. The molecule has 0 radical (unpaired) electrons. The summed E-state index contributed by atoms with van der Waals surface area (Å²) in [5.74, 6) is -2.00. The molecule has 2 aliphatic rings. The summed E-state index contributed by atoms with van der Waals surface area (Å²) in [5, 5.41) is 34.2. The molecule has 2 aromatic rings. The molecule has 0 saturated carbocycles. The number of aromatic hydroxyl groups is 1. The molecule has 1 aliphatic carbocycles. The van der Waals surface area contributed by atoms with Crippen molar-refractivity contribution in [3.8, 4) is 5.75 Å². The number of benzene rings is 1. The molecule has 39 heavy (non-hydrogen) atoms. The summed E-state index contributed by atoms with van der Waals surface area (Å²) in [4.78, 5) is 29.2. The topological polar surface area (TPSA) is 98.1 Å². The minimum absolute atomic E-state index is 0.0698. The molecule has 3 N–H and O–H groups in total. The summed E-state index contributed by atoms with van der Waals surface area (Å²) in [6.45, 7) is 6.13. The Hall–Kier alpha value is -2.45. The highest BCUT2D eigenvalue weighted by Gasteiger charge is 2.55. The lowest BCUT2D eigenvalue weighted by Crippen LogP contribution is -2.39. The average Bonchev–Trinajstić information content (AvgIpc) is 3.50. The van der Waals surface area contributed by atoms with Crippen LogP contribution in [0.4, 0.5) is 0 Å². The molecule has 6 nitrogen and oxygen atoms in total. The lowest BCUT2D eigenvalue weighted by molar-refractivity contribution is -0.140. The maximum Gasteiger partial charge on any atom is 0.234 e. The summed E-state index contributed by atoms with van der Waals surface area (Å²) in [7, 11) is 0. The first-order valence-electron chi connectivity index (χ1n) is 13.7. The second-order valence-corrected chi connectivity index (χ2v) is 12.4. The Balaban J connectivity index is 1.58. The summed E-state index contributed by atoms with van der Waals surface area (Å²) in [6, 6.07) is 8.70. The average molecular weight is 572 g/mol. The predicted molar refractivity (Wildman–Crippen MR) is 155 cm³/mol. The van der Waals surface area contributed by atoms with Gasteiger partial charge in [0.15, 0.2) is 0 Å². The molecule has 1 aliphatic heterocycles. The molecule has 4 atom stereocenters. The number of rotatable bonds is 11. The number of thiophene rings is 1. The highest BCUT2D eigenvalue weighted by atomic mass is 35.5. The summed E-state index contributed by atoms with van der Waals surface area (Å²) < 4.78 is 0. The van der Waals surface area contributed by atoms with Crippen molar-refractivity contribution in [2.45, 2.75) is 65.5 Å². The number of amides is 2. The van der Waals surface area contributed by atoms with Gasteiger partial charge in [-0.2, -0.15) is 0 Å². The highest BCUT2D eigenvalue weighted by molar-refractivity contribution is 7.09. The van der Waals surface area contributed by atoms with Gasteiger partial charge in [-0.15, -0.1) is 11.3 Å². The van der Waals surface area contributed by atoms with Gasteiger partial charge in [-0.3, -0.25) is 14.5 Å². The maximum atomic E-state index is 13.6. The number of phenolic OH excluding ortho intramolecular Hbond substituents is 1. The van der Waals surface area contributed by atoms with E-state index in [2.05, 4.69) is 6.92 Å². The third-order valence-corrected chi connectivity index (χ3v) is 9.20. The molecule has 4 rings (SSSR count). The van der Waals surface area contributed by atoms with E-state index in [1.165, 1.54) is 22.3 Å². The van der Waals surface area contributed by atoms with E-state index >= 15 is 0 Å². The first-order chi connectivity index (χ1) is 18.7. The Bertz CT molecular complexity index is 1250. The van der Waals surface area contributed by atoms with E-state index in [4.69, 9.17) is 11.6 Å². The van der Waals surface area contributed by atoms with Crippen LogP contribution < -0.4 is 0 Å².